The summed E-state index contributed by atoms with van der Waals surface area (Å²) in [5, 5.41) is 0. The number of ether oxygens (including phenoxy) is 4. The van der Waals surface area contributed by atoms with Crippen LogP contribution in [0.25, 0.3) is 0 Å². The molecule has 1 fully saturated rings. The van der Waals surface area contributed by atoms with E-state index in [1.165, 1.54) is 0 Å². The van der Waals surface area contributed by atoms with E-state index in [4.69, 9.17) is 88.7 Å². The molecule has 1 aliphatic rings. The second kappa shape index (κ2) is 27.6. The Kier molecular flexibility index (Phi) is 18.1. The van der Waals surface area contributed by atoms with Crippen molar-refractivity contribution in [3.05, 3.63) is 195 Å². The number of anilines is 14. The molecule has 0 bridgehead atoms. The fourth-order valence-electron chi connectivity index (χ4n) is 8.51. The maximum Gasteiger partial charge on any atom is 0.243 e. The second-order valence-corrected chi connectivity index (χ2v) is 17.7. The Hall–Kier alpha value is -10.1. The van der Waals surface area contributed by atoms with E-state index in [1.807, 2.05) is 155 Å². The number of pyridine rings is 8. The molecule has 412 valence electrons. The first-order valence-corrected chi connectivity index (χ1v) is 26.6. The van der Waals surface area contributed by atoms with Crippen molar-refractivity contribution >= 4 is 82.2 Å². The third-order valence-electron chi connectivity index (χ3n) is 12.4. The summed E-state index contributed by atoms with van der Waals surface area (Å²) in [6, 6.07) is 44.9. The number of hydrogen-bond donors (Lipinski definition) is 0. The zero-order valence-electron chi connectivity index (χ0n) is 44.5. The highest BCUT2D eigenvalue weighted by Crippen LogP contribution is 2.37. The lowest BCUT2D eigenvalue weighted by Gasteiger charge is -2.28. The molecule has 11 heterocycles. The summed E-state index contributed by atoms with van der Waals surface area (Å²) in [6.07, 6.45) is 13.7. The van der Waals surface area contributed by atoms with E-state index < -0.39 is 0 Å². The smallest absolute Gasteiger partial charge is 0.243 e. The number of nitrogens with zero attached hydrogens (tertiary/aromatic N) is 20. The molecule has 1 saturated heterocycles. The van der Waals surface area contributed by atoms with Crippen LogP contribution in [0.4, 0.5) is 82.2 Å². The molecule has 0 unspecified atom stereocenters. The lowest BCUT2D eigenvalue weighted by Crippen LogP contribution is -2.35. The maximum absolute atomic E-state index is 6.29. The molecule has 0 N–H and O–H groups in total. The van der Waals surface area contributed by atoms with Gasteiger partial charge in [0.05, 0.1) is 52.9 Å². The fraction of sp³-hybridized carbons (Fsp3) is 0.207. The van der Waals surface area contributed by atoms with Gasteiger partial charge < -0.3 is 28.7 Å². The Morgan fingerprint density at radius 1 is 0.244 bits per heavy atom. The normalized spacial score (nSPS) is 14.0. The van der Waals surface area contributed by atoms with Crippen LogP contribution in [-0.4, -0.2) is 149 Å². The third-order valence-corrected chi connectivity index (χ3v) is 12.4. The molecule has 82 heavy (non-hydrogen) atoms. The van der Waals surface area contributed by atoms with Crippen molar-refractivity contribution in [2.75, 3.05) is 108 Å². The molecular formula is C58H56N20O4. The molecule has 24 heteroatoms. The van der Waals surface area contributed by atoms with Gasteiger partial charge in [0.15, 0.2) is 0 Å². The highest BCUT2D eigenvalue weighted by atomic mass is 16.5. The van der Waals surface area contributed by atoms with Crippen molar-refractivity contribution in [3.8, 4) is 0 Å². The molecule has 0 saturated carbocycles. The lowest BCUT2D eigenvalue weighted by atomic mass is 10.3. The van der Waals surface area contributed by atoms with Crippen molar-refractivity contribution in [3.63, 3.8) is 0 Å². The Labute approximate surface area is 472 Å². The van der Waals surface area contributed by atoms with E-state index in [0.29, 0.717) is 137 Å². The van der Waals surface area contributed by atoms with Gasteiger partial charge in [-0.15, -0.1) is 0 Å². The second-order valence-electron chi connectivity index (χ2n) is 17.7. The van der Waals surface area contributed by atoms with E-state index in [9.17, 15) is 0 Å². The molecule has 0 aliphatic carbocycles. The summed E-state index contributed by atoms with van der Waals surface area (Å²) >= 11 is 0. The molecule has 0 spiro atoms. The molecule has 11 rings (SSSR count). The van der Waals surface area contributed by atoms with Crippen LogP contribution < -0.4 is 29.4 Å². The van der Waals surface area contributed by atoms with E-state index in [0.717, 1.165) is 0 Å². The van der Waals surface area contributed by atoms with Gasteiger partial charge in [-0.05, 0) is 97.1 Å². The Balaban J connectivity index is 0.870. The van der Waals surface area contributed by atoms with Crippen LogP contribution in [0, 0.1) is 0 Å². The molecule has 10 aromatic rings. The van der Waals surface area contributed by atoms with Crippen molar-refractivity contribution in [1.29, 1.82) is 0 Å². The minimum atomic E-state index is 0.258. The predicted molar refractivity (Wildman–Crippen MR) is 308 cm³/mol. The third kappa shape index (κ3) is 13.6. The van der Waals surface area contributed by atoms with Gasteiger partial charge in [0.25, 0.3) is 0 Å². The minimum absolute atomic E-state index is 0.258. The monoisotopic (exact) mass is 1100 g/mol. The average Bonchev–Trinajstić information content (AvgIpc) is 3.73. The standard InChI is InChI=1S/C58H56N20O4/c1-9-25-59-45(17-1)75(46-18-2-10-26-60-46)55-67-53(68-56(71-55)76(47-19-3-11-27-61-47)48-20-4-12-28-62-48)73-33-37-79-41-43-81-39-35-74(36-40-82-44-42-80-38-34-73)54-69-57(77(49-21-5-13-29-63-49)50-22-6-14-30-64-50)72-58(70-54)78(51-23-7-15-31-65-51)52-24-8-16-32-66-52/h1-32H,33-44H2. The molecule has 0 radical (unpaired) electrons. The van der Waals surface area contributed by atoms with Gasteiger partial charge in [-0.3, -0.25) is 0 Å². The molecule has 10 aromatic heterocycles. The van der Waals surface area contributed by atoms with Crippen molar-refractivity contribution < 1.29 is 18.9 Å². The molecule has 0 aromatic carbocycles. The molecular weight excluding hydrogens is 1040 g/mol. The maximum atomic E-state index is 6.29. The van der Waals surface area contributed by atoms with E-state index in [2.05, 4.69) is 0 Å². The molecule has 1 aliphatic heterocycles. The largest absolute Gasteiger partial charge is 0.377 e. The lowest BCUT2D eigenvalue weighted by molar-refractivity contribution is 0.0433. The molecule has 24 nitrogen and oxygen atoms in total. The Morgan fingerprint density at radius 2 is 0.439 bits per heavy atom. The summed E-state index contributed by atoms with van der Waals surface area (Å²) in [6.45, 7) is 3.90. The number of rotatable bonds is 14. The van der Waals surface area contributed by atoms with Gasteiger partial charge in [0.1, 0.15) is 46.5 Å². The quantitative estimate of drug-likeness (QED) is 0.0992. The van der Waals surface area contributed by atoms with Gasteiger partial charge >= 0.3 is 0 Å². The summed E-state index contributed by atoms with van der Waals surface area (Å²) in [5.74, 6) is 6.09. The van der Waals surface area contributed by atoms with Crippen LogP contribution in [0.2, 0.25) is 0 Å². The van der Waals surface area contributed by atoms with Crippen LogP contribution in [0.1, 0.15) is 0 Å². The number of aromatic nitrogens is 14. The zero-order valence-corrected chi connectivity index (χ0v) is 44.5. The van der Waals surface area contributed by atoms with Crippen molar-refractivity contribution in [2.24, 2.45) is 0 Å². The first-order valence-electron chi connectivity index (χ1n) is 26.6. The van der Waals surface area contributed by atoms with E-state index in [-0.39, 0.29) is 23.8 Å². The highest BCUT2D eigenvalue weighted by molar-refractivity contribution is 5.74. The highest BCUT2D eigenvalue weighted by Gasteiger charge is 2.29. The SMILES string of the molecule is c1ccc(N(c2ccccn2)c2nc(N3CCOCCOCCN(c4nc(N(c5ccccn5)c5ccccn5)nc(N(c5ccccn5)c5ccccn5)n4)CCOCCOCC3)nc(N(c3ccccn3)c3ccccn3)n2)nc1. The van der Waals surface area contributed by atoms with Crippen LogP contribution >= 0.6 is 0 Å². The Bertz CT molecular complexity index is 2880. The fourth-order valence-corrected chi connectivity index (χ4v) is 8.51. The van der Waals surface area contributed by atoms with E-state index in [1.54, 1.807) is 69.2 Å². The average molecular weight is 1100 g/mol. The topological polar surface area (TPSA) is 237 Å². The summed E-state index contributed by atoms with van der Waals surface area (Å²) in [5.41, 5.74) is 0. The minimum Gasteiger partial charge on any atom is -0.377 e. The molecule has 0 amide bonds. The van der Waals surface area contributed by atoms with Gasteiger partial charge in [-0.2, -0.15) is 29.9 Å². The van der Waals surface area contributed by atoms with Crippen LogP contribution in [0.3, 0.4) is 0 Å². The number of hydrogen-bond acceptors (Lipinski definition) is 24. The zero-order chi connectivity index (χ0) is 55.4. The van der Waals surface area contributed by atoms with Gasteiger partial charge in [-0.1, -0.05) is 48.5 Å². The summed E-state index contributed by atoms with van der Waals surface area (Å²) in [4.78, 5) is 79.6. The van der Waals surface area contributed by atoms with Gasteiger partial charge in [0.2, 0.25) is 35.7 Å². The van der Waals surface area contributed by atoms with Crippen molar-refractivity contribution in [1.82, 2.24) is 69.8 Å². The van der Waals surface area contributed by atoms with Crippen LogP contribution in [-0.2, 0) is 18.9 Å². The first kappa shape index (κ1) is 53.8. The first-order chi connectivity index (χ1) is 40.7. The summed E-state index contributed by atoms with van der Waals surface area (Å²) < 4.78 is 25.1. The van der Waals surface area contributed by atoms with Crippen LogP contribution in [0.5, 0.6) is 0 Å². The summed E-state index contributed by atoms with van der Waals surface area (Å²) in [7, 11) is 0. The van der Waals surface area contributed by atoms with E-state index >= 15 is 0 Å². The van der Waals surface area contributed by atoms with Gasteiger partial charge in [-0.25, -0.2) is 59.5 Å². The van der Waals surface area contributed by atoms with Crippen LogP contribution in [0.15, 0.2) is 195 Å². The Morgan fingerprint density at radius 3 is 0.610 bits per heavy atom. The van der Waals surface area contributed by atoms with Crippen molar-refractivity contribution in [2.45, 2.75) is 0 Å². The van der Waals surface area contributed by atoms with Gasteiger partial charge in [0, 0.05) is 75.8 Å². The molecule has 0 atom stereocenters. The predicted octanol–water partition coefficient (Wildman–Crippen LogP) is 8.49.